The van der Waals surface area contributed by atoms with Gasteiger partial charge in [0.1, 0.15) is 11.7 Å². The average molecular weight is 407 g/mol. The minimum absolute atomic E-state index is 0.0404. The van der Waals surface area contributed by atoms with Crippen molar-refractivity contribution in [3.05, 3.63) is 58.3 Å². The van der Waals surface area contributed by atoms with Crippen LogP contribution in [-0.4, -0.2) is 31.8 Å². The molecule has 1 amide bonds. The summed E-state index contributed by atoms with van der Waals surface area (Å²) >= 11 is 0. The van der Waals surface area contributed by atoms with Gasteiger partial charge in [0, 0.05) is 12.5 Å². The Morgan fingerprint density at radius 3 is 2.72 bits per heavy atom. The summed E-state index contributed by atoms with van der Waals surface area (Å²) in [6, 6.07) is 4.82. The molecule has 0 fully saturated rings. The van der Waals surface area contributed by atoms with Gasteiger partial charge >= 0.3 is 6.18 Å². The number of carbonyl (C=O) groups excluding carboxylic acids is 1. The van der Waals surface area contributed by atoms with Crippen molar-refractivity contribution in [3.8, 4) is 0 Å². The second-order valence-electron chi connectivity index (χ2n) is 6.93. The predicted molar refractivity (Wildman–Crippen MR) is 100 cm³/mol. The highest BCUT2D eigenvalue weighted by Crippen LogP contribution is 2.29. The van der Waals surface area contributed by atoms with Crippen LogP contribution in [0.4, 0.5) is 13.2 Å². The summed E-state index contributed by atoms with van der Waals surface area (Å²) < 4.78 is 41.4. The third kappa shape index (κ3) is 4.64. The molecular formula is C19H20F3N5O2. The lowest BCUT2D eigenvalue weighted by Crippen LogP contribution is -2.31. The maximum absolute atomic E-state index is 12.9. The van der Waals surface area contributed by atoms with Crippen LogP contribution in [0.1, 0.15) is 25.0 Å². The third-order valence-corrected chi connectivity index (χ3v) is 4.38. The fraction of sp³-hybridized carbons (Fsp3) is 0.368. The molecule has 0 atom stereocenters. The van der Waals surface area contributed by atoms with Gasteiger partial charge in [0.05, 0.1) is 24.8 Å². The van der Waals surface area contributed by atoms with Crippen molar-refractivity contribution < 1.29 is 18.0 Å². The summed E-state index contributed by atoms with van der Waals surface area (Å²) in [4.78, 5) is 28.5. The number of benzene rings is 1. The molecule has 10 heteroatoms. The number of hydrogen-bond acceptors (Lipinski definition) is 4. The Morgan fingerprint density at radius 2 is 2.03 bits per heavy atom. The highest BCUT2D eigenvalue weighted by atomic mass is 19.4. The first-order valence-electron chi connectivity index (χ1n) is 9.01. The standard InChI is InChI=1S/C19H20F3N5O2/c1-12(2)17(28)23-6-7-27-16-15(9-25-27)18(29)26(11-24-16)10-13-4-3-5-14(8-13)19(20,21)22/h3-5,8-9,11-12H,6-7,10H2,1-2H3,(H,23,28). The smallest absolute Gasteiger partial charge is 0.354 e. The number of nitrogens with one attached hydrogen (secondary N) is 1. The SMILES string of the molecule is CC(C)C(=O)NCCn1ncc2c(=O)n(Cc3cccc(C(F)(F)F)c3)cnc21. The molecule has 0 spiro atoms. The fourth-order valence-corrected chi connectivity index (χ4v) is 2.81. The van der Waals surface area contributed by atoms with Crippen LogP contribution in [0, 0.1) is 5.92 Å². The molecule has 2 heterocycles. The predicted octanol–water partition coefficient (Wildman–Crippen LogP) is 2.43. The molecule has 7 nitrogen and oxygen atoms in total. The Hall–Kier alpha value is -3.17. The van der Waals surface area contributed by atoms with Gasteiger partial charge in [-0.1, -0.05) is 26.0 Å². The zero-order valence-electron chi connectivity index (χ0n) is 15.9. The number of carbonyl (C=O) groups is 1. The van der Waals surface area contributed by atoms with E-state index in [0.717, 1.165) is 12.1 Å². The molecule has 0 aliphatic rings. The van der Waals surface area contributed by atoms with E-state index in [-0.39, 0.29) is 23.8 Å². The molecule has 0 unspecified atom stereocenters. The molecule has 3 rings (SSSR count). The van der Waals surface area contributed by atoms with E-state index < -0.39 is 17.3 Å². The third-order valence-electron chi connectivity index (χ3n) is 4.38. The molecular weight excluding hydrogens is 387 g/mol. The van der Waals surface area contributed by atoms with Gasteiger partial charge in [-0.15, -0.1) is 0 Å². The summed E-state index contributed by atoms with van der Waals surface area (Å²) in [5.74, 6) is -0.219. The average Bonchev–Trinajstić information content (AvgIpc) is 3.07. The number of alkyl halides is 3. The number of fused-ring (bicyclic) bond motifs is 1. The van der Waals surface area contributed by atoms with Crippen LogP contribution in [0.2, 0.25) is 0 Å². The zero-order chi connectivity index (χ0) is 21.2. The summed E-state index contributed by atoms with van der Waals surface area (Å²) in [6.07, 6.45) is -1.79. The summed E-state index contributed by atoms with van der Waals surface area (Å²) in [5.41, 5.74) is -0.473. The first-order valence-corrected chi connectivity index (χ1v) is 9.01. The van der Waals surface area contributed by atoms with E-state index in [2.05, 4.69) is 15.4 Å². The number of halogens is 3. The fourth-order valence-electron chi connectivity index (χ4n) is 2.81. The van der Waals surface area contributed by atoms with Crippen LogP contribution < -0.4 is 10.9 Å². The summed E-state index contributed by atoms with van der Waals surface area (Å²) in [5, 5.41) is 7.15. The maximum atomic E-state index is 12.9. The van der Waals surface area contributed by atoms with Crippen LogP contribution in [0.3, 0.4) is 0 Å². The van der Waals surface area contributed by atoms with E-state index in [4.69, 9.17) is 0 Å². The molecule has 1 aromatic carbocycles. The van der Waals surface area contributed by atoms with Crippen LogP contribution in [0.25, 0.3) is 11.0 Å². The number of hydrogen-bond donors (Lipinski definition) is 1. The Kier molecular flexibility index (Phi) is 5.71. The number of rotatable bonds is 6. The highest BCUT2D eigenvalue weighted by molar-refractivity contribution is 5.77. The van der Waals surface area contributed by atoms with E-state index in [1.165, 1.54) is 33.9 Å². The molecule has 154 valence electrons. The van der Waals surface area contributed by atoms with E-state index in [1.807, 2.05) is 0 Å². The van der Waals surface area contributed by atoms with Crippen molar-refractivity contribution >= 4 is 16.9 Å². The van der Waals surface area contributed by atoms with Gasteiger partial charge in [0.15, 0.2) is 5.65 Å². The molecule has 0 aliphatic heterocycles. The monoisotopic (exact) mass is 407 g/mol. The van der Waals surface area contributed by atoms with Gasteiger partial charge < -0.3 is 5.32 Å². The van der Waals surface area contributed by atoms with Gasteiger partial charge in [0.2, 0.25) is 5.91 Å². The Morgan fingerprint density at radius 1 is 1.28 bits per heavy atom. The molecule has 3 aromatic rings. The zero-order valence-corrected chi connectivity index (χ0v) is 15.9. The number of aromatic nitrogens is 4. The lowest BCUT2D eigenvalue weighted by Gasteiger charge is -2.10. The number of amides is 1. The molecule has 0 aliphatic carbocycles. The van der Waals surface area contributed by atoms with Crippen LogP contribution >= 0.6 is 0 Å². The van der Waals surface area contributed by atoms with Gasteiger partial charge in [-0.2, -0.15) is 18.3 Å². The first kappa shape index (κ1) is 20.6. The van der Waals surface area contributed by atoms with E-state index >= 15 is 0 Å². The lowest BCUT2D eigenvalue weighted by atomic mass is 10.1. The van der Waals surface area contributed by atoms with Crippen LogP contribution in [-0.2, 0) is 24.1 Å². The largest absolute Gasteiger partial charge is 0.416 e. The first-order chi connectivity index (χ1) is 13.7. The second kappa shape index (κ2) is 8.06. The topological polar surface area (TPSA) is 81.8 Å². The van der Waals surface area contributed by atoms with Crippen molar-refractivity contribution in [2.45, 2.75) is 33.1 Å². The van der Waals surface area contributed by atoms with E-state index in [1.54, 1.807) is 13.8 Å². The quantitative estimate of drug-likeness (QED) is 0.681. The van der Waals surface area contributed by atoms with Crippen molar-refractivity contribution in [3.63, 3.8) is 0 Å². The second-order valence-corrected chi connectivity index (χ2v) is 6.93. The number of nitrogens with zero attached hydrogens (tertiary/aromatic N) is 4. The molecule has 0 radical (unpaired) electrons. The summed E-state index contributed by atoms with van der Waals surface area (Å²) in [6.45, 7) is 4.20. The van der Waals surface area contributed by atoms with Gasteiger partial charge in [-0.3, -0.25) is 14.2 Å². The van der Waals surface area contributed by atoms with Gasteiger partial charge in [0.25, 0.3) is 5.56 Å². The molecule has 1 N–H and O–H groups in total. The van der Waals surface area contributed by atoms with Gasteiger partial charge in [-0.25, -0.2) is 9.67 Å². The molecule has 29 heavy (non-hydrogen) atoms. The summed E-state index contributed by atoms with van der Waals surface area (Å²) in [7, 11) is 0. The lowest BCUT2D eigenvalue weighted by molar-refractivity contribution is -0.137. The minimum atomic E-state index is -4.45. The van der Waals surface area contributed by atoms with Crippen LogP contribution in [0.15, 0.2) is 41.6 Å². The molecule has 2 aromatic heterocycles. The molecule has 0 saturated carbocycles. The Labute approximate surface area is 164 Å². The molecule has 0 bridgehead atoms. The van der Waals surface area contributed by atoms with Crippen molar-refractivity contribution in [2.24, 2.45) is 5.92 Å². The van der Waals surface area contributed by atoms with E-state index in [9.17, 15) is 22.8 Å². The minimum Gasteiger partial charge on any atom is -0.354 e. The van der Waals surface area contributed by atoms with Crippen molar-refractivity contribution in [1.29, 1.82) is 0 Å². The Balaban J connectivity index is 1.79. The molecule has 0 saturated heterocycles. The van der Waals surface area contributed by atoms with Gasteiger partial charge in [-0.05, 0) is 17.7 Å². The normalized spacial score (nSPS) is 11.9. The van der Waals surface area contributed by atoms with Crippen molar-refractivity contribution in [1.82, 2.24) is 24.6 Å². The maximum Gasteiger partial charge on any atom is 0.416 e. The van der Waals surface area contributed by atoms with Crippen LogP contribution in [0.5, 0.6) is 0 Å². The van der Waals surface area contributed by atoms with Crippen molar-refractivity contribution in [2.75, 3.05) is 6.54 Å². The Bertz CT molecular complexity index is 1090. The van der Waals surface area contributed by atoms with E-state index in [0.29, 0.717) is 24.3 Å². The highest BCUT2D eigenvalue weighted by Gasteiger charge is 2.30.